The van der Waals surface area contributed by atoms with Crippen molar-refractivity contribution in [3.63, 3.8) is 0 Å². The maximum absolute atomic E-state index is 13.4. The Kier molecular flexibility index (Phi) is 6.04. The second-order valence-corrected chi connectivity index (χ2v) is 8.23. The Labute approximate surface area is 190 Å². The molecule has 150 valence electrons. The highest BCUT2D eigenvalue weighted by atomic mass is 127. The monoisotopic (exact) mass is 507 g/mol. The van der Waals surface area contributed by atoms with Crippen molar-refractivity contribution in [1.82, 2.24) is 0 Å². The predicted molar refractivity (Wildman–Crippen MR) is 131 cm³/mol. The van der Waals surface area contributed by atoms with Crippen LogP contribution in [-0.2, 0) is 4.79 Å². The van der Waals surface area contributed by atoms with Gasteiger partial charge >= 0.3 is 0 Å². The second kappa shape index (κ2) is 8.88. The Balaban J connectivity index is 1.76. The fourth-order valence-corrected chi connectivity index (χ4v) is 3.80. The van der Waals surface area contributed by atoms with E-state index in [4.69, 9.17) is 4.74 Å². The van der Waals surface area contributed by atoms with Gasteiger partial charge in [-0.1, -0.05) is 42.5 Å². The fourth-order valence-electron chi connectivity index (χ4n) is 3.47. The minimum absolute atomic E-state index is 0.0247. The van der Waals surface area contributed by atoms with Gasteiger partial charge in [-0.3, -0.25) is 9.69 Å². The van der Waals surface area contributed by atoms with Crippen LogP contribution in [0.1, 0.15) is 23.6 Å². The van der Waals surface area contributed by atoms with Crippen molar-refractivity contribution in [2.75, 3.05) is 11.5 Å². The summed E-state index contributed by atoms with van der Waals surface area (Å²) in [5.41, 5.74) is 5.55. The smallest absolute Gasteiger partial charge is 0.262 e. The molecule has 1 amide bonds. The number of ether oxygens (including phenoxy) is 1. The van der Waals surface area contributed by atoms with Gasteiger partial charge in [0, 0.05) is 14.8 Å². The molecule has 3 nitrogen and oxygen atoms in total. The normalized spacial score (nSPS) is 14.9. The highest BCUT2D eigenvalue weighted by Crippen LogP contribution is 2.36. The number of aryl methyl sites for hydroxylation is 1. The quantitative estimate of drug-likeness (QED) is 0.293. The van der Waals surface area contributed by atoms with Crippen molar-refractivity contribution in [3.8, 4) is 5.75 Å². The number of hydrogen-bond acceptors (Lipinski definition) is 2. The lowest BCUT2D eigenvalue weighted by molar-refractivity contribution is -0.113. The molecule has 0 spiro atoms. The van der Waals surface area contributed by atoms with E-state index >= 15 is 0 Å². The van der Waals surface area contributed by atoms with Crippen molar-refractivity contribution < 1.29 is 9.53 Å². The van der Waals surface area contributed by atoms with Crippen LogP contribution >= 0.6 is 22.6 Å². The molecule has 3 aromatic rings. The Morgan fingerprint density at radius 2 is 1.73 bits per heavy atom. The Bertz CT molecular complexity index is 1130. The van der Waals surface area contributed by atoms with E-state index in [9.17, 15) is 4.79 Å². The van der Waals surface area contributed by atoms with E-state index in [0.717, 1.165) is 33.8 Å². The summed E-state index contributed by atoms with van der Waals surface area (Å²) in [6, 6.07) is 24.0. The molecule has 4 rings (SSSR count). The van der Waals surface area contributed by atoms with Crippen molar-refractivity contribution in [2.24, 2.45) is 0 Å². The number of carbonyl (C=O) groups is 1. The van der Waals surface area contributed by atoms with Crippen LogP contribution in [0.3, 0.4) is 0 Å². The van der Waals surface area contributed by atoms with E-state index in [1.165, 1.54) is 3.57 Å². The number of rotatable bonds is 5. The minimum atomic E-state index is -0.0247. The lowest BCUT2D eigenvalue weighted by Gasteiger charge is -2.21. The van der Waals surface area contributed by atoms with Gasteiger partial charge in [0.15, 0.2) is 0 Å². The standard InChI is InChI=1S/C26H22INO2/c1-3-30-23-12-9-19(10-13-23)16-21-17-25(20-7-5-4-6-8-20)28(26(21)29)22-11-14-24(27)18(2)15-22/h4-17H,3H2,1-2H3/b21-16+. The van der Waals surface area contributed by atoms with E-state index < -0.39 is 0 Å². The number of halogens is 1. The molecule has 1 aliphatic rings. The van der Waals surface area contributed by atoms with Crippen LogP contribution in [-0.4, -0.2) is 12.5 Å². The van der Waals surface area contributed by atoms with Crippen molar-refractivity contribution in [3.05, 3.63) is 105 Å². The van der Waals surface area contributed by atoms with Crippen LogP contribution in [0.4, 0.5) is 5.69 Å². The number of benzene rings is 3. The summed E-state index contributed by atoms with van der Waals surface area (Å²) in [6.07, 6.45) is 3.90. The van der Waals surface area contributed by atoms with Crippen LogP contribution in [0.25, 0.3) is 11.8 Å². The first-order valence-electron chi connectivity index (χ1n) is 9.89. The predicted octanol–water partition coefficient (Wildman–Crippen LogP) is 6.47. The van der Waals surface area contributed by atoms with Gasteiger partial charge in [-0.15, -0.1) is 0 Å². The van der Waals surface area contributed by atoms with E-state index in [2.05, 4.69) is 41.6 Å². The van der Waals surface area contributed by atoms with Crippen LogP contribution in [0, 0.1) is 10.5 Å². The molecule has 0 saturated carbocycles. The van der Waals surface area contributed by atoms with Crippen LogP contribution < -0.4 is 9.64 Å². The first-order chi connectivity index (χ1) is 14.6. The number of carbonyl (C=O) groups excluding carboxylic acids is 1. The summed E-state index contributed by atoms with van der Waals surface area (Å²) in [4.78, 5) is 15.2. The highest BCUT2D eigenvalue weighted by Gasteiger charge is 2.30. The molecule has 0 unspecified atom stereocenters. The third-order valence-electron chi connectivity index (χ3n) is 4.97. The van der Waals surface area contributed by atoms with Crippen molar-refractivity contribution in [2.45, 2.75) is 13.8 Å². The lowest BCUT2D eigenvalue weighted by Crippen LogP contribution is -2.25. The van der Waals surface area contributed by atoms with Gasteiger partial charge in [0.25, 0.3) is 5.91 Å². The van der Waals surface area contributed by atoms with Gasteiger partial charge in [0.2, 0.25) is 0 Å². The fraction of sp³-hybridized carbons (Fsp3) is 0.115. The number of anilines is 1. The summed E-state index contributed by atoms with van der Waals surface area (Å²) >= 11 is 2.31. The Morgan fingerprint density at radius 1 is 1.00 bits per heavy atom. The van der Waals surface area contributed by atoms with Gasteiger partial charge in [-0.05, 0) is 95.6 Å². The Hall–Kier alpha value is -2.86. The lowest BCUT2D eigenvalue weighted by atomic mass is 10.1. The molecule has 1 aliphatic heterocycles. The average Bonchev–Trinajstić information content (AvgIpc) is 3.08. The van der Waals surface area contributed by atoms with Crippen molar-refractivity contribution in [1.29, 1.82) is 0 Å². The summed E-state index contributed by atoms with van der Waals surface area (Å²) in [5.74, 6) is 0.803. The molecular formula is C26H22INO2. The van der Waals surface area contributed by atoms with Gasteiger partial charge in [0.05, 0.1) is 12.3 Å². The molecule has 3 aromatic carbocycles. The van der Waals surface area contributed by atoms with Gasteiger partial charge in [-0.2, -0.15) is 0 Å². The number of hydrogen-bond donors (Lipinski definition) is 0. The van der Waals surface area contributed by atoms with E-state index in [1.807, 2.05) is 79.7 Å². The molecule has 0 N–H and O–H groups in total. The van der Waals surface area contributed by atoms with Gasteiger partial charge in [0.1, 0.15) is 5.75 Å². The first kappa shape index (κ1) is 20.4. The summed E-state index contributed by atoms with van der Waals surface area (Å²) in [7, 11) is 0. The molecule has 0 bridgehead atoms. The molecule has 4 heteroatoms. The highest BCUT2D eigenvalue weighted by molar-refractivity contribution is 14.1. The zero-order valence-electron chi connectivity index (χ0n) is 16.9. The summed E-state index contributed by atoms with van der Waals surface area (Å²) < 4.78 is 6.69. The van der Waals surface area contributed by atoms with E-state index in [0.29, 0.717) is 12.2 Å². The number of amides is 1. The third-order valence-corrected chi connectivity index (χ3v) is 6.18. The average molecular weight is 507 g/mol. The zero-order valence-corrected chi connectivity index (χ0v) is 19.1. The molecular weight excluding hydrogens is 485 g/mol. The summed E-state index contributed by atoms with van der Waals surface area (Å²) in [5, 5.41) is 0. The molecule has 0 saturated heterocycles. The summed E-state index contributed by atoms with van der Waals surface area (Å²) in [6.45, 7) is 4.66. The molecule has 0 radical (unpaired) electrons. The van der Waals surface area contributed by atoms with Gasteiger partial charge < -0.3 is 4.74 Å². The maximum atomic E-state index is 13.4. The topological polar surface area (TPSA) is 29.5 Å². The largest absolute Gasteiger partial charge is 0.494 e. The van der Waals surface area contributed by atoms with Crippen LogP contribution in [0.15, 0.2) is 84.4 Å². The molecule has 1 heterocycles. The van der Waals surface area contributed by atoms with Gasteiger partial charge in [-0.25, -0.2) is 0 Å². The molecule has 0 aromatic heterocycles. The minimum Gasteiger partial charge on any atom is -0.494 e. The Morgan fingerprint density at radius 3 is 2.40 bits per heavy atom. The molecule has 30 heavy (non-hydrogen) atoms. The maximum Gasteiger partial charge on any atom is 0.262 e. The molecule has 0 atom stereocenters. The van der Waals surface area contributed by atoms with E-state index in [-0.39, 0.29) is 5.91 Å². The third kappa shape index (κ3) is 4.19. The second-order valence-electron chi connectivity index (χ2n) is 7.07. The van der Waals surface area contributed by atoms with E-state index in [1.54, 1.807) is 4.90 Å². The first-order valence-corrected chi connectivity index (χ1v) is 11.0. The number of nitrogens with zero attached hydrogens (tertiary/aromatic N) is 1. The SMILES string of the molecule is CCOc1ccc(/C=C2\C=C(c3ccccc3)N(c3ccc(I)c(C)c3)C2=O)cc1. The van der Waals surface area contributed by atoms with Crippen LogP contribution in [0.5, 0.6) is 5.75 Å². The zero-order chi connectivity index (χ0) is 21.1. The molecule has 0 fully saturated rings. The molecule has 0 aliphatic carbocycles. The van der Waals surface area contributed by atoms with Crippen LogP contribution in [0.2, 0.25) is 0 Å². The van der Waals surface area contributed by atoms with Crippen molar-refractivity contribution >= 4 is 46.0 Å².